The van der Waals surface area contributed by atoms with Crippen molar-refractivity contribution in [3.8, 4) is 0 Å². The number of hydrogen-bond acceptors (Lipinski definition) is 4. The zero-order valence-electron chi connectivity index (χ0n) is 16.9. The topological polar surface area (TPSA) is 116 Å². The van der Waals surface area contributed by atoms with Crippen molar-refractivity contribution in [2.75, 3.05) is 6.29 Å². The predicted octanol–water partition coefficient (Wildman–Crippen LogP) is 3.48. The summed E-state index contributed by atoms with van der Waals surface area (Å²) in [5.74, 6) is 0. The minimum absolute atomic E-state index is 0.112. The smallest absolute Gasteiger partial charge is 0.324 e. The average molecular weight is 460 g/mol. The molecule has 0 aliphatic rings. The van der Waals surface area contributed by atoms with E-state index in [0.29, 0.717) is 11.1 Å². The lowest BCUT2D eigenvalue weighted by molar-refractivity contribution is 0.356. The molecule has 0 saturated carbocycles. The molecule has 3 rings (SSSR count). The van der Waals surface area contributed by atoms with Gasteiger partial charge < -0.3 is 9.79 Å². The molecule has 2 unspecified atom stereocenters. The van der Waals surface area contributed by atoms with E-state index in [9.17, 15) is 22.8 Å². The maximum Gasteiger partial charge on any atom is 0.339 e. The SMILES string of the molecule is Cc1ccc(S(=O)(=O)NC(c2ccccc2)C(NCP(=O)(O)O)c2ccccc2)cc1. The van der Waals surface area contributed by atoms with Gasteiger partial charge in [0.25, 0.3) is 0 Å². The van der Waals surface area contributed by atoms with E-state index in [1.807, 2.05) is 19.1 Å². The van der Waals surface area contributed by atoms with E-state index in [4.69, 9.17) is 0 Å². The largest absolute Gasteiger partial charge is 0.339 e. The average Bonchev–Trinajstić information content (AvgIpc) is 2.74. The zero-order valence-corrected chi connectivity index (χ0v) is 18.6. The van der Waals surface area contributed by atoms with Gasteiger partial charge in [-0.2, -0.15) is 0 Å². The van der Waals surface area contributed by atoms with Crippen LogP contribution in [0.25, 0.3) is 0 Å². The van der Waals surface area contributed by atoms with Crippen LogP contribution in [0.4, 0.5) is 0 Å². The van der Waals surface area contributed by atoms with E-state index >= 15 is 0 Å². The third-order valence-corrected chi connectivity index (χ3v) is 6.83. The molecule has 164 valence electrons. The van der Waals surface area contributed by atoms with Crippen LogP contribution in [0.2, 0.25) is 0 Å². The van der Waals surface area contributed by atoms with Gasteiger partial charge in [0.05, 0.1) is 23.3 Å². The van der Waals surface area contributed by atoms with Crippen LogP contribution in [0, 0.1) is 6.92 Å². The van der Waals surface area contributed by atoms with Crippen molar-refractivity contribution >= 4 is 17.6 Å². The van der Waals surface area contributed by atoms with Crippen molar-refractivity contribution in [2.45, 2.75) is 23.9 Å². The highest BCUT2D eigenvalue weighted by atomic mass is 32.2. The van der Waals surface area contributed by atoms with Gasteiger partial charge in [-0.15, -0.1) is 0 Å². The summed E-state index contributed by atoms with van der Waals surface area (Å²) in [6, 6.07) is 22.8. The number of benzene rings is 3. The molecule has 0 aromatic heterocycles. The summed E-state index contributed by atoms with van der Waals surface area (Å²) in [7, 11) is -8.29. The fourth-order valence-electron chi connectivity index (χ4n) is 3.25. The van der Waals surface area contributed by atoms with Gasteiger partial charge in [0, 0.05) is 0 Å². The van der Waals surface area contributed by atoms with Crippen molar-refractivity contribution in [3.63, 3.8) is 0 Å². The maximum absolute atomic E-state index is 13.2. The number of nitrogens with one attached hydrogen (secondary N) is 2. The second-order valence-corrected chi connectivity index (χ2v) is 10.6. The van der Waals surface area contributed by atoms with Crippen molar-refractivity contribution in [3.05, 3.63) is 102 Å². The van der Waals surface area contributed by atoms with Crippen molar-refractivity contribution in [1.29, 1.82) is 0 Å². The first-order chi connectivity index (χ1) is 14.7. The highest BCUT2D eigenvalue weighted by Gasteiger charge is 2.31. The second-order valence-electron chi connectivity index (χ2n) is 7.24. The summed E-state index contributed by atoms with van der Waals surface area (Å²) in [6.45, 7) is 1.87. The lowest BCUT2D eigenvalue weighted by Gasteiger charge is -2.30. The Labute approximate surface area is 182 Å². The fourth-order valence-corrected chi connectivity index (χ4v) is 4.92. The van der Waals surface area contributed by atoms with Crippen LogP contribution in [0.5, 0.6) is 0 Å². The maximum atomic E-state index is 13.2. The van der Waals surface area contributed by atoms with E-state index in [1.54, 1.807) is 60.7 Å². The standard InChI is InChI=1S/C22H25N2O5PS/c1-17-12-14-20(15-13-17)31(28,29)24-22(19-10-6-3-7-11-19)21(23-16-30(25,26)27)18-8-4-2-5-9-18/h2-15,21-24H,16H2,1H3,(H2,25,26,27). The highest BCUT2D eigenvalue weighted by molar-refractivity contribution is 7.89. The Morgan fingerprint density at radius 2 is 1.29 bits per heavy atom. The van der Waals surface area contributed by atoms with Crippen LogP contribution < -0.4 is 10.0 Å². The molecule has 0 aliphatic carbocycles. The first-order valence-corrected chi connectivity index (χ1v) is 12.9. The van der Waals surface area contributed by atoms with Crippen molar-refractivity contribution < 1.29 is 22.8 Å². The summed E-state index contributed by atoms with van der Waals surface area (Å²) in [4.78, 5) is 18.9. The zero-order chi connectivity index (χ0) is 22.5. The van der Waals surface area contributed by atoms with Gasteiger partial charge >= 0.3 is 7.60 Å². The Morgan fingerprint density at radius 1 is 0.806 bits per heavy atom. The monoisotopic (exact) mass is 460 g/mol. The molecule has 0 saturated heterocycles. The molecule has 3 aromatic carbocycles. The Balaban J connectivity index is 2.05. The van der Waals surface area contributed by atoms with E-state index in [0.717, 1.165) is 5.56 Å². The molecule has 0 fully saturated rings. The van der Waals surface area contributed by atoms with Gasteiger partial charge in [-0.05, 0) is 30.2 Å². The number of rotatable bonds is 9. The molecule has 0 aliphatic heterocycles. The molecule has 31 heavy (non-hydrogen) atoms. The Kier molecular flexibility index (Phi) is 7.43. The molecule has 7 nitrogen and oxygen atoms in total. The van der Waals surface area contributed by atoms with Gasteiger partial charge in [0.15, 0.2) is 0 Å². The van der Waals surface area contributed by atoms with Crippen molar-refractivity contribution in [1.82, 2.24) is 10.0 Å². The first kappa shape index (κ1) is 23.3. The summed E-state index contributed by atoms with van der Waals surface area (Å²) in [5, 5.41) is 2.87. The lowest BCUT2D eigenvalue weighted by Crippen LogP contribution is -2.38. The molecule has 9 heteroatoms. The molecular formula is C22H25N2O5PS. The van der Waals surface area contributed by atoms with Gasteiger partial charge in [-0.1, -0.05) is 78.4 Å². The molecule has 2 atom stereocenters. The summed E-state index contributed by atoms with van der Waals surface area (Å²) >= 11 is 0. The summed E-state index contributed by atoms with van der Waals surface area (Å²) in [6.07, 6.45) is -0.595. The summed E-state index contributed by atoms with van der Waals surface area (Å²) in [5.41, 5.74) is 2.28. The quantitative estimate of drug-likeness (QED) is 0.364. The minimum atomic E-state index is -4.37. The van der Waals surface area contributed by atoms with Crippen LogP contribution in [0.1, 0.15) is 28.8 Å². The minimum Gasteiger partial charge on any atom is -0.324 e. The first-order valence-electron chi connectivity index (χ1n) is 9.62. The van der Waals surface area contributed by atoms with Crippen LogP contribution in [-0.4, -0.2) is 24.5 Å². The van der Waals surface area contributed by atoms with E-state index in [2.05, 4.69) is 10.0 Å². The molecule has 0 amide bonds. The van der Waals surface area contributed by atoms with E-state index in [-0.39, 0.29) is 4.90 Å². The van der Waals surface area contributed by atoms with E-state index < -0.39 is 36.0 Å². The fraction of sp³-hybridized carbons (Fsp3) is 0.182. The van der Waals surface area contributed by atoms with Gasteiger partial charge in [0.2, 0.25) is 10.0 Å². The molecule has 0 radical (unpaired) electrons. The van der Waals surface area contributed by atoms with Gasteiger partial charge in [-0.3, -0.25) is 9.88 Å². The molecule has 4 N–H and O–H groups in total. The molecular weight excluding hydrogens is 435 g/mol. The third-order valence-electron chi connectivity index (χ3n) is 4.78. The Morgan fingerprint density at radius 3 is 1.77 bits per heavy atom. The van der Waals surface area contributed by atoms with Crippen LogP contribution in [0.3, 0.4) is 0 Å². The normalized spacial score (nSPS) is 14.2. The summed E-state index contributed by atoms with van der Waals surface area (Å²) < 4.78 is 40.6. The number of hydrogen-bond donors (Lipinski definition) is 4. The molecule has 0 bridgehead atoms. The van der Waals surface area contributed by atoms with Crippen molar-refractivity contribution in [2.24, 2.45) is 0 Å². The molecule has 0 heterocycles. The molecule has 3 aromatic rings. The predicted molar refractivity (Wildman–Crippen MR) is 120 cm³/mol. The van der Waals surface area contributed by atoms with Crippen LogP contribution in [-0.2, 0) is 14.6 Å². The number of sulfonamides is 1. The van der Waals surface area contributed by atoms with Gasteiger partial charge in [0.1, 0.15) is 0 Å². The van der Waals surface area contributed by atoms with Gasteiger partial charge in [-0.25, -0.2) is 13.1 Å². The number of aryl methyl sites for hydroxylation is 1. The lowest BCUT2D eigenvalue weighted by atomic mass is 9.94. The molecule has 0 spiro atoms. The Bertz CT molecular complexity index is 1130. The Hall–Kier alpha value is -2.32. The van der Waals surface area contributed by atoms with Crippen LogP contribution in [0.15, 0.2) is 89.8 Å². The van der Waals surface area contributed by atoms with E-state index in [1.165, 1.54) is 12.1 Å². The third kappa shape index (κ3) is 6.58. The highest BCUT2D eigenvalue weighted by Crippen LogP contribution is 2.36. The van der Waals surface area contributed by atoms with Crippen LogP contribution >= 0.6 is 7.60 Å². The second kappa shape index (κ2) is 9.87.